The van der Waals surface area contributed by atoms with Crippen molar-refractivity contribution in [2.75, 3.05) is 4.90 Å². The van der Waals surface area contributed by atoms with Gasteiger partial charge in [-0.25, -0.2) is 0 Å². The van der Waals surface area contributed by atoms with Crippen LogP contribution in [0.1, 0.15) is 62.8 Å². The molecule has 256 valence electrons. The van der Waals surface area contributed by atoms with Crippen molar-refractivity contribution in [1.29, 1.82) is 0 Å². The lowest BCUT2D eigenvalue weighted by Crippen LogP contribution is -2.56. The smallest absolute Gasteiger partial charge is 0.333 e. The molecule has 5 heteroatoms. The minimum absolute atomic E-state index is 0.0225. The van der Waals surface area contributed by atoms with E-state index in [2.05, 4.69) is 154 Å². The zero-order valence-corrected chi connectivity index (χ0v) is 31.8. The summed E-state index contributed by atoms with van der Waals surface area (Å²) in [7, 11) is 0. The minimum Gasteiger partial charge on any atom is -0.454 e. The van der Waals surface area contributed by atoms with Crippen LogP contribution in [0.2, 0.25) is 0 Å². The first kappa shape index (κ1) is 30.2. The van der Waals surface area contributed by atoms with E-state index in [0.29, 0.717) is 0 Å². The van der Waals surface area contributed by atoms with Gasteiger partial charge in [-0.2, -0.15) is 0 Å². The Morgan fingerprint density at radius 3 is 2.19 bits per heavy atom. The van der Waals surface area contributed by atoms with Crippen molar-refractivity contribution in [1.82, 2.24) is 4.48 Å². The Morgan fingerprint density at radius 2 is 1.36 bits per heavy atom. The number of rotatable bonds is 1. The number of para-hydroxylation sites is 2. The summed E-state index contributed by atoms with van der Waals surface area (Å²) >= 11 is 1.91. The van der Waals surface area contributed by atoms with Crippen LogP contribution in [-0.4, -0.2) is 11.3 Å². The number of benzene rings is 6. The predicted octanol–water partition coefficient (Wildman–Crippen LogP) is 12.3. The molecule has 9 aromatic rings. The highest BCUT2D eigenvalue weighted by Crippen LogP contribution is 2.52. The number of aromatic nitrogens is 1. The molecule has 0 amide bonds. The van der Waals surface area contributed by atoms with Crippen LogP contribution in [0.3, 0.4) is 0 Å². The highest BCUT2D eigenvalue weighted by molar-refractivity contribution is 7.26. The van der Waals surface area contributed by atoms with Gasteiger partial charge < -0.3 is 13.8 Å². The van der Waals surface area contributed by atoms with E-state index in [-0.39, 0.29) is 17.7 Å². The van der Waals surface area contributed by atoms with Crippen LogP contribution in [0.25, 0.3) is 64.3 Å². The Morgan fingerprint density at radius 1 is 0.623 bits per heavy atom. The van der Waals surface area contributed by atoms with Gasteiger partial charge in [-0.3, -0.25) is 0 Å². The van der Waals surface area contributed by atoms with E-state index in [1.54, 1.807) is 0 Å². The molecule has 0 N–H and O–H groups in total. The number of thiophene rings is 1. The number of hydrogen-bond acceptors (Lipinski definition) is 3. The Labute approximate surface area is 313 Å². The summed E-state index contributed by atoms with van der Waals surface area (Å²) in [5, 5.41) is 5.01. The zero-order chi connectivity index (χ0) is 35.7. The SMILES string of the molecule is Cc1cc2c3c(c1)N(c1cc4c(cc1C)C(C)(C)CCC4(C)C)c1cc4c(cc1B3n1c3c-2cccc3c2oc3ccccc3c21)sc1ccccc14. The molecule has 3 nitrogen and oxygen atoms in total. The summed E-state index contributed by atoms with van der Waals surface area (Å²) in [6, 6.07) is 39.4. The largest absolute Gasteiger partial charge is 0.454 e. The highest BCUT2D eigenvalue weighted by atomic mass is 32.1. The van der Waals surface area contributed by atoms with E-state index in [1.807, 2.05) is 11.3 Å². The van der Waals surface area contributed by atoms with Crippen molar-refractivity contribution in [3.63, 3.8) is 0 Å². The van der Waals surface area contributed by atoms with E-state index in [9.17, 15) is 0 Å². The highest BCUT2D eigenvalue weighted by Gasteiger charge is 2.45. The van der Waals surface area contributed by atoms with Gasteiger partial charge in [0.25, 0.3) is 0 Å². The normalized spacial score (nSPS) is 16.6. The van der Waals surface area contributed by atoms with E-state index in [1.165, 1.54) is 116 Å². The Hall–Kier alpha value is -5.26. The average molecular weight is 703 g/mol. The predicted molar refractivity (Wildman–Crippen MR) is 227 cm³/mol. The van der Waals surface area contributed by atoms with Crippen LogP contribution >= 0.6 is 11.3 Å². The topological polar surface area (TPSA) is 21.3 Å². The molecule has 3 aliphatic rings. The fraction of sp³-hybridized carbons (Fsp3) is 0.208. The van der Waals surface area contributed by atoms with Gasteiger partial charge in [-0.1, -0.05) is 82.3 Å². The molecule has 0 saturated carbocycles. The second-order valence-corrected chi connectivity index (χ2v) is 18.4. The average Bonchev–Trinajstić information content (AvgIpc) is 3.81. The minimum atomic E-state index is -0.0225. The molecule has 0 fully saturated rings. The van der Waals surface area contributed by atoms with Crippen LogP contribution in [0.4, 0.5) is 17.1 Å². The Bertz CT molecular complexity index is 3120. The lowest BCUT2D eigenvalue weighted by Gasteiger charge is -2.44. The van der Waals surface area contributed by atoms with Gasteiger partial charge in [-0.05, 0) is 125 Å². The Kier molecular flexibility index (Phi) is 5.61. The van der Waals surface area contributed by atoms with Crippen LogP contribution < -0.4 is 15.8 Å². The fourth-order valence-corrected chi connectivity index (χ4v) is 11.6. The van der Waals surface area contributed by atoms with Gasteiger partial charge in [0, 0.05) is 59.1 Å². The maximum Gasteiger partial charge on any atom is 0.333 e. The molecule has 5 heterocycles. The lowest BCUT2D eigenvalue weighted by molar-refractivity contribution is 0.332. The molecule has 53 heavy (non-hydrogen) atoms. The maximum absolute atomic E-state index is 6.76. The standard InChI is InChI=1S/C48H39BN2OS/c1-26-20-33-29-14-11-15-31-44(29)51(45-30-13-7-9-16-40(30)52-46(31)45)49-36-25-42-32(28-12-8-10-17-41(28)53-42)23-38(36)50(39(21-26)43(33)49)37-24-35-34(22-27(37)2)47(3,4)18-19-48(35,5)6/h7-17,20-25H,18-19H2,1-6H3. The summed E-state index contributed by atoms with van der Waals surface area (Å²) in [4.78, 5) is 2.65. The van der Waals surface area contributed by atoms with Crippen LogP contribution in [-0.2, 0) is 10.8 Å². The number of furan rings is 1. The van der Waals surface area contributed by atoms with E-state index >= 15 is 0 Å². The number of anilines is 3. The zero-order valence-electron chi connectivity index (χ0n) is 31.0. The quantitative estimate of drug-likeness (QED) is 0.159. The van der Waals surface area contributed by atoms with Crippen LogP contribution in [0, 0.1) is 13.8 Å². The first-order valence-corrected chi connectivity index (χ1v) is 19.9. The third-order valence-corrected chi connectivity index (χ3v) is 14.3. The Balaban J connectivity index is 1.26. The summed E-state index contributed by atoms with van der Waals surface area (Å²) in [6.07, 6.45) is 2.39. The molecule has 0 unspecified atom stereocenters. The van der Waals surface area contributed by atoms with Crippen molar-refractivity contribution in [2.24, 2.45) is 0 Å². The lowest BCUT2D eigenvalue weighted by atomic mass is 9.45. The fourth-order valence-electron chi connectivity index (χ4n) is 10.5. The van der Waals surface area contributed by atoms with Crippen molar-refractivity contribution in [3.8, 4) is 11.1 Å². The monoisotopic (exact) mass is 702 g/mol. The molecule has 12 rings (SSSR count). The van der Waals surface area contributed by atoms with Gasteiger partial charge in [0.2, 0.25) is 0 Å². The van der Waals surface area contributed by atoms with Crippen LogP contribution in [0.5, 0.6) is 0 Å². The van der Waals surface area contributed by atoms with Gasteiger partial charge in [0.15, 0.2) is 5.58 Å². The third-order valence-electron chi connectivity index (χ3n) is 13.2. The van der Waals surface area contributed by atoms with Crippen molar-refractivity contribution < 1.29 is 4.42 Å². The summed E-state index contributed by atoms with van der Waals surface area (Å²) in [5.41, 5.74) is 19.4. The molecule has 2 aliphatic heterocycles. The molecule has 0 atom stereocenters. The second-order valence-electron chi connectivity index (χ2n) is 17.3. The molecule has 6 aromatic carbocycles. The molecule has 0 spiro atoms. The van der Waals surface area contributed by atoms with E-state index < -0.39 is 0 Å². The molecule has 0 saturated heterocycles. The van der Waals surface area contributed by atoms with Gasteiger partial charge in [0.1, 0.15) is 5.58 Å². The second kappa shape index (κ2) is 9.83. The molecular formula is C48H39BN2OS. The van der Waals surface area contributed by atoms with Gasteiger partial charge >= 0.3 is 6.85 Å². The van der Waals surface area contributed by atoms with Gasteiger partial charge in [-0.15, -0.1) is 11.3 Å². The summed E-state index contributed by atoms with van der Waals surface area (Å²) in [5.74, 6) is 0. The third kappa shape index (κ3) is 3.76. The molecule has 3 aromatic heterocycles. The van der Waals surface area contributed by atoms with Crippen molar-refractivity contribution in [3.05, 3.63) is 125 Å². The maximum atomic E-state index is 6.76. The summed E-state index contributed by atoms with van der Waals surface area (Å²) < 4.78 is 12.1. The molecule has 0 bridgehead atoms. The number of hydrogen-bond donors (Lipinski definition) is 0. The molecular weight excluding hydrogens is 663 g/mol. The van der Waals surface area contributed by atoms with Gasteiger partial charge in [0.05, 0.1) is 5.52 Å². The number of aryl methyl sites for hydroxylation is 2. The van der Waals surface area contributed by atoms with E-state index in [4.69, 9.17) is 4.42 Å². The van der Waals surface area contributed by atoms with Crippen molar-refractivity contribution in [2.45, 2.75) is 65.2 Å². The van der Waals surface area contributed by atoms with Crippen molar-refractivity contribution >= 4 is 99.3 Å². The van der Waals surface area contributed by atoms with E-state index in [0.717, 1.165) is 11.2 Å². The first-order valence-electron chi connectivity index (χ1n) is 19.1. The van der Waals surface area contributed by atoms with Crippen LogP contribution in [0.15, 0.2) is 108 Å². The number of nitrogens with zero attached hydrogens (tertiary/aromatic N) is 2. The number of fused-ring (bicyclic) bond motifs is 13. The molecule has 1 aliphatic carbocycles. The summed E-state index contributed by atoms with van der Waals surface area (Å²) in [6.45, 7) is 14.4. The first-order chi connectivity index (χ1) is 25.6. The molecule has 0 radical (unpaired) electrons.